The normalized spacial score (nSPS) is 10.7. The molecule has 0 aliphatic heterocycles. The first kappa shape index (κ1) is 13.6. The van der Waals surface area contributed by atoms with Crippen LogP contribution in [0.2, 0.25) is 0 Å². The second-order valence-electron chi connectivity index (χ2n) is 4.68. The summed E-state index contributed by atoms with van der Waals surface area (Å²) in [5.74, 6) is -0.0535. The van der Waals surface area contributed by atoms with Crippen molar-refractivity contribution in [3.8, 4) is 0 Å². The fourth-order valence-electron chi connectivity index (χ4n) is 1.70. The van der Waals surface area contributed by atoms with Crippen molar-refractivity contribution < 1.29 is 9.69 Å². The lowest BCUT2D eigenvalue weighted by Gasteiger charge is -2.11. The molecule has 0 atom stereocenters. The lowest BCUT2D eigenvalue weighted by molar-refractivity contribution is -0.849. The maximum atomic E-state index is 11.5. The van der Waals surface area contributed by atoms with Gasteiger partial charge in [0, 0.05) is 4.70 Å². The van der Waals surface area contributed by atoms with Crippen LogP contribution in [-0.2, 0) is 4.79 Å². The molecule has 2 aromatic rings. The van der Waals surface area contributed by atoms with Crippen LogP contribution in [0.15, 0.2) is 36.9 Å². The zero-order chi connectivity index (χ0) is 13.8. The fourth-order valence-corrected chi connectivity index (χ4v) is 2.69. The molecule has 1 aromatic heterocycles. The molecule has 0 saturated heterocycles. The van der Waals surface area contributed by atoms with Crippen molar-refractivity contribution in [2.24, 2.45) is 0 Å². The lowest BCUT2D eigenvalue weighted by atomic mass is 10.2. The quantitative estimate of drug-likeness (QED) is 0.702. The molecule has 100 valence electrons. The summed E-state index contributed by atoms with van der Waals surface area (Å²) in [6, 6.07) is 10.2. The van der Waals surface area contributed by atoms with E-state index in [1.165, 1.54) is 10.1 Å². The zero-order valence-electron chi connectivity index (χ0n) is 11.1. The Balaban J connectivity index is 1.98. The van der Waals surface area contributed by atoms with Gasteiger partial charge in [-0.25, -0.2) is 0 Å². The largest absolute Gasteiger partial charge is 0.332 e. The van der Waals surface area contributed by atoms with Crippen LogP contribution in [0, 0.1) is 0 Å². The average molecular weight is 276 g/mol. The molecule has 1 amide bonds. The zero-order valence-corrected chi connectivity index (χ0v) is 11.9. The number of hydrogen-bond donors (Lipinski definition) is 3. The van der Waals surface area contributed by atoms with E-state index in [0.717, 1.165) is 9.78 Å². The van der Waals surface area contributed by atoms with E-state index in [1.807, 2.05) is 26.2 Å². The number of thiophene rings is 1. The first-order chi connectivity index (χ1) is 9.06. The fraction of sp³-hybridized carbons (Fsp3) is 0.214. The van der Waals surface area contributed by atoms with Crippen LogP contribution < -0.4 is 15.8 Å². The molecule has 0 unspecified atom stereocenters. The number of fused-ring (bicyclic) bond motifs is 1. The van der Waals surface area contributed by atoms with Gasteiger partial charge in [-0.2, -0.15) is 0 Å². The van der Waals surface area contributed by atoms with Crippen LogP contribution in [0.1, 0.15) is 4.88 Å². The maximum Gasteiger partial charge on any atom is 0.293 e. The van der Waals surface area contributed by atoms with Crippen molar-refractivity contribution >= 4 is 33.0 Å². The first-order valence-corrected chi connectivity index (χ1v) is 6.89. The number of carbonyl (C=O) groups excluding carboxylic acids is 1. The third kappa shape index (κ3) is 3.56. The first-order valence-electron chi connectivity index (χ1n) is 6.08. The monoisotopic (exact) mass is 276 g/mol. The smallest absolute Gasteiger partial charge is 0.293 e. The third-order valence-corrected chi connectivity index (χ3v) is 3.77. The van der Waals surface area contributed by atoms with E-state index < -0.39 is 0 Å². The number of quaternary nitrogens is 1. The van der Waals surface area contributed by atoms with Crippen LogP contribution in [-0.4, -0.2) is 26.5 Å². The van der Waals surface area contributed by atoms with Crippen LogP contribution in [0.5, 0.6) is 0 Å². The molecule has 1 aromatic carbocycles. The molecular formula is C14H18N3OS+. The van der Waals surface area contributed by atoms with Gasteiger partial charge >= 0.3 is 0 Å². The summed E-state index contributed by atoms with van der Waals surface area (Å²) in [6.45, 7) is 4.37. The highest BCUT2D eigenvalue weighted by Crippen LogP contribution is 2.28. The van der Waals surface area contributed by atoms with Gasteiger partial charge in [0.2, 0.25) is 0 Å². The summed E-state index contributed by atoms with van der Waals surface area (Å²) >= 11 is 1.65. The molecule has 0 fully saturated rings. The molecule has 1 heterocycles. The Morgan fingerprint density at radius 1 is 1.32 bits per heavy atom. The topological polar surface area (TPSA) is 45.6 Å². The molecule has 5 heteroatoms. The average Bonchev–Trinajstić information content (AvgIpc) is 2.78. The SMILES string of the molecule is C=C(NNC(=O)C[NH+](C)C)c1cc2ccccc2s1. The van der Waals surface area contributed by atoms with Crippen LogP contribution in [0.4, 0.5) is 0 Å². The number of hydrogen-bond acceptors (Lipinski definition) is 3. The standard InChI is InChI=1S/C14H17N3OS/c1-10(15-16-14(18)9-17(2)3)13-8-11-6-4-5-7-12(11)19-13/h4-8,15H,1,9H2,2-3H3,(H,16,18)/p+1. The summed E-state index contributed by atoms with van der Waals surface area (Å²) in [7, 11) is 3.86. The number of rotatable bonds is 5. The Morgan fingerprint density at radius 2 is 2.05 bits per heavy atom. The minimum atomic E-state index is -0.0535. The molecule has 19 heavy (non-hydrogen) atoms. The van der Waals surface area contributed by atoms with E-state index in [0.29, 0.717) is 12.2 Å². The van der Waals surface area contributed by atoms with Gasteiger partial charge in [0.1, 0.15) is 0 Å². The molecule has 0 aliphatic carbocycles. The van der Waals surface area contributed by atoms with E-state index in [-0.39, 0.29) is 5.91 Å². The number of carbonyl (C=O) groups is 1. The Morgan fingerprint density at radius 3 is 2.74 bits per heavy atom. The van der Waals surface area contributed by atoms with Crippen molar-refractivity contribution in [1.82, 2.24) is 10.9 Å². The maximum absolute atomic E-state index is 11.5. The highest BCUT2D eigenvalue weighted by atomic mass is 32.1. The minimum absolute atomic E-state index is 0.0535. The van der Waals surface area contributed by atoms with Gasteiger partial charge in [-0.05, 0) is 17.5 Å². The van der Waals surface area contributed by atoms with E-state index in [4.69, 9.17) is 0 Å². The van der Waals surface area contributed by atoms with Gasteiger partial charge in [0.05, 0.1) is 24.7 Å². The number of amides is 1. The van der Waals surface area contributed by atoms with Gasteiger partial charge in [0.15, 0.2) is 6.54 Å². The number of nitrogens with one attached hydrogen (secondary N) is 3. The molecule has 0 spiro atoms. The van der Waals surface area contributed by atoms with Crippen LogP contribution in [0.3, 0.4) is 0 Å². The summed E-state index contributed by atoms with van der Waals surface area (Å²) in [6.07, 6.45) is 0. The molecule has 0 bridgehead atoms. The molecule has 2 rings (SSSR count). The van der Waals surface area contributed by atoms with Crippen molar-refractivity contribution in [1.29, 1.82) is 0 Å². The number of benzene rings is 1. The number of likely N-dealkylation sites (N-methyl/N-ethyl adjacent to an activating group) is 1. The van der Waals surface area contributed by atoms with Gasteiger partial charge in [-0.15, -0.1) is 11.3 Å². The lowest BCUT2D eigenvalue weighted by Crippen LogP contribution is -3.07. The van der Waals surface area contributed by atoms with E-state index in [1.54, 1.807) is 11.3 Å². The van der Waals surface area contributed by atoms with E-state index in [9.17, 15) is 4.79 Å². The summed E-state index contributed by atoms with van der Waals surface area (Å²) in [5, 5.41) is 1.19. The highest BCUT2D eigenvalue weighted by Gasteiger charge is 2.08. The van der Waals surface area contributed by atoms with Crippen molar-refractivity contribution in [2.75, 3.05) is 20.6 Å². The van der Waals surface area contributed by atoms with Gasteiger partial charge in [-0.1, -0.05) is 24.8 Å². The molecule has 0 aliphatic rings. The number of hydrazine groups is 1. The summed E-state index contributed by atoms with van der Waals surface area (Å²) in [5.41, 5.74) is 6.23. The predicted octanol–water partition coefficient (Wildman–Crippen LogP) is 0.637. The van der Waals surface area contributed by atoms with Gasteiger partial charge in [-0.3, -0.25) is 15.6 Å². The molecule has 0 radical (unpaired) electrons. The summed E-state index contributed by atoms with van der Waals surface area (Å²) < 4.78 is 1.21. The highest BCUT2D eigenvalue weighted by molar-refractivity contribution is 7.20. The summed E-state index contributed by atoms with van der Waals surface area (Å²) in [4.78, 5) is 13.6. The van der Waals surface area contributed by atoms with E-state index in [2.05, 4.69) is 35.6 Å². The molecular weight excluding hydrogens is 258 g/mol. The van der Waals surface area contributed by atoms with Gasteiger partial charge < -0.3 is 4.90 Å². The second kappa shape index (κ2) is 5.86. The predicted molar refractivity (Wildman–Crippen MR) is 79.8 cm³/mol. The molecule has 3 N–H and O–H groups in total. The second-order valence-corrected chi connectivity index (χ2v) is 5.77. The van der Waals surface area contributed by atoms with Crippen LogP contribution in [0.25, 0.3) is 15.8 Å². The Labute approximate surface area is 116 Å². The molecule has 4 nitrogen and oxygen atoms in total. The Hall–Kier alpha value is -1.85. The van der Waals surface area contributed by atoms with Crippen molar-refractivity contribution in [2.45, 2.75) is 0 Å². The van der Waals surface area contributed by atoms with Gasteiger partial charge in [0.25, 0.3) is 5.91 Å². The minimum Gasteiger partial charge on any atom is -0.332 e. The molecule has 0 saturated carbocycles. The van der Waals surface area contributed by atoms with E-state index >= 15 is 0 Å². The van der Waals surface area contributed by atoms with Crippen molar-refractivity contribution in [3.05, 3.63) is 41.8 Å². The van der Waals surface area contributed by atoms with Crippen molar-refractivity contribution in [3.63, 3.8) is 0 Å². The Bertz CT molecular complexity index is 571. The van der Waals surface area contributed by atoms with Crippen LogP contribution >= 0.6 is 11.3 Å². The third-order valence-electron chi connectivity index (χ3n) is 2.59. The Kier molecular flexibility index (Phi) is 4.19.